The van der Waals surface area contributed by atoms with Crippen molar-refractivity contribution < 1.29 is 14.2 Å². The third kappa shape index (κ3) is 4.49. The van der Waals surface area contributed by atoms with Crippen molar-refractivity contribution in [2.75, 3.05) is 27.4 Å². The monoisotopic (exact) mass is 425 g/mol. The fourth-order valence-electron chi connectivity index (χ4n) is 3.75. The van der Waals surface area contributed by atoms with Gasteiger partial charge in [0.1, 0.15) is 4.83 Å². The minimum atomic E-state index is -0.333. The number of hydrogen-bond donors (Lipinski definition) is 1. The lowest BCUT2D eigenvalue weighted by Gasteiger charge is -2.17. The van der Waals surface area contributed by atoms with Gasteiger partial charge in [0.15, 0.2) is 6.29 Å². The number of hydrogen-bond acceptors (Lipinski definition) is 7. The summed E-state index contributed by atoms with van der Waals surface area (Å²) in [5, 5.41) is 3.94. The molecule has 3 heterocycles. The van der Waals surface area contributed by atoms with Crippen LogP contribution >= 0.6 is 11.3 Å². The van der Waals surface area contributed by atoms with E-state index in [0.717, 1.165) is 34.7 Å². The third-order valence-corrected chi connectivity index (χ3v) is 6.71. The molecule has 8 nitrogen and oxygen atoms in total. The largest absolute Gasteiger partial charge is 0.376 e. The maximum Gasteiger partial charge on any atom is 0.332 e. The topological polar surface area (TPSA) is 83.7 Å². The maximum atomic E-state index is 13.2. The predicted octanol–water partition coefficient (Wildman–Crippen LogP) is 2.00. The second-order valence-corrected chi connectivity index (χ2v) is 8.74. The summed E-state index contributed by atoms with van der Waals surface area (Å²) in [5.41, 5.74) is 0.451. The van der Waals surface area contributed by atoms with Gasteiger partial charge in [-0.25, -0.2) is 4.79 Å². The Balaban J connectivity index is 2.03. The molecule has 3 rings (SSSR count). The zero-order valence-corrected chi connectivity index (χ0v) is 18.6. The molecule has 0 aliphatic carbocycles. The van der Waals surface area contributed by atoms with Crippen LogP contribution in [0.3, 0.4) is 0 Å². The average molecular weight is 426 g/mol. The van der Waals surface area contributed by atoms with Gasteiger partial charge in [-0.1, -0.05) is 0 Å². The highest BCUT2D eigenvalue weighted by Gasteiger charge is 2.24. The first-order chi connectivity index (χ1) is 13.9. The second kappa shape index (κ2) is 9.53. The van der Waals surface area contributed by atoms with Crippen molar-refractivity contribution in [2.24, 2.45) is 0 Å². The molecule has 0 radical (unpaired) electrons. The van der Waals surface area contributed by atoms with Crippen LogP contribution in [0.15, 0.2) is 9.59 Å². The number of methoxy groups -OCH3 is 2. The normalized spacial score (nSPS) is 17.3. The van der Waals surface area contributed by atoms with E-state index in [9.17, 15) is 9.59 Å². The molecule has 1 N–H and O–H groups in total. The molecule has 1 aliphatic rings. The molecule has 2 aromatic heterocycles. The second-order valence-electron chi connectivity index (χ2n) is 7.66. The van der Waals surface area contributed by atoms with E-state index in [1.807, 2.05) is 20.8 Å². The Morgan fingerprint density at radius 2 is 2.00 bits per heavy atom. The van der Waals surface area contributed by atoms with E-state index in [1.165, 1.54) is 15.9 Å². The van der Waals surface area contributed by atoms with Crippen molar-refractivity contribution in [1.29, 1.82) is 0 Å². The Morgan fingerprint density at radius 3 is 2.59 bits per heavy atom. The highest BCUT2D eigenvalue weighted by atomic mass is 32.1. The van der Waals surface area contributed by atoms with Gasteiger partial charge in [-0.3, -0.25) is 13.9 Å². The number of ether oxygens (including phenoxy) is 3. The molecule has 9 heteroatoms. The van der Waals surface area contributed by atoms with E-state index in [2.05, 4.69) is 5.32 Å². The van der Waals surface area contributed by atoms with Crippen molar-refractivity contribution in [3.05, 3.63) is 31.3 Å². The summed E-state index contributed by atoms with van der Waals surface area (Å²) in [6.07, 6.45) is 1.62. The Bertz CT molecular complexity index is 952. The van der Waals surface area contributed by atoms with Gasteiger partial charge < -0.3 is 19.5 Å². The van der Waals surface area contributed by atoms with Crippen molar-refractivity contribution >= 4 is 21.6 Å². The van der Waals surface area contributed by atoms with E-state index in [4.69, 9.17) is 14.2 Å². The van der Waals surface area contributed by atoms with Gasteiger partial charge >= 0.3 is 5.69 Å². The lowest BCUT2D eigenvalue weighted by Crippen LogP contribution is -2.42. The smallest absolute Gasteiger partial charge is 0.332 e. The number of nitrogens with one attached hydrogen (secondary N) is 1. The van der Waals surface area contributed by atoms with Gasteiger partial charge in [-0.05, 0) is 39.2 Å². The standard InChI is InChI=1S/C20H31N3O5S/c1-12(2)23-18(24)17-13(3)15(9-21-10-16(26-4)27-5)29-19(17)22(20(23)25)11-14-7-6-8-28-14/h12,14,16,21H,6-11H2,1-5H3. The predicted molar refractivity (Wildman–Crippen MR) is 114 cm³/mol. The summed E-state index contributed by atoms with van der Waals surface area (Å²) < 4.78 is 19.3. The third-order valence-electron chi connectivity index (χ3n) is 5.39. The van der Waals surface area contributed by atoms with Gasteiger partial charge in [0.25, 0.3) is 5.56 Å². The Hall–Kier alpha value is -1.52. The van der Waals surface area contributed by atoms with Gasteiger partial charge in [-0.15, -0.1) is 11.3 Å². The first-order valence-electron chi connectivity index (χ1n) is 10.0. The molecule has 2 aromatic rings. The Labute approximate surface area is 174 Å². The number of thiophene rings is 1. The maximum absolute atomic E-state index is 13.2. The molecule has 1 atom stereocenters. The zero-order chi connectivity index (χ0) is 21.1. The molecule has 1 fully saturated rings. The van der Waals surface area contributed by atoms with E-state index in [1.54, 1.807) is 18.8 Å². The molecule has 0 saturated carbocycles. The van der Waals surface area contributed by atoms with Gasteiger partial charge in [-0.2, -0.15) is 0 Å². The van der Waals surface area contributed by atoms with Crippen LogP contribution in [-0.2, 0) is 27.3 Å². The van der Waals surface area contributed by atoms with Crippen molar-refractivity contribution in [3.63, 3.8) is 0 Å². The molecule has 1 saturated heterocycles. The number of aryl methyl sites for hydroxylation is 1. The fraction of sp³-hybridized carbons (Fsp3) is 0.700. The van der Waals surface area contributed by atoms with Crippen LogP contribution in [0, 0.1) is 6.92 Å². The highest BCUT2D eigenvalue weighted by Crippen LogP contribution is 2.29. The molecule has 0 amide bonds. The molecule has 29 heavy (non-hydrogen) atoms. The van der Waals surface area contributed by atoms with E-state index in [0.29, 0.717) is 25.0 Å². The zero-order valence-electron chi connectivity index (χ0n) is 17.8. The molecular formula is C20H31N3O5S. The molecule has 162 valence electrons. The summed E-state index contributed by atoms with van der Waals surface area (Å²) in [7, 11) is 3.19. The van der Waals surface area contributed by atoms with Gasteiger partial charge in [0, 0.05) is 44.8 Å². The summed E-state index contributed by atoms with van der Waals surface area (Å²) in [5.74, 6) is 0. The quantitative estimate of drug-likeness (QED) is 0.619. The van der Waals surface area contributed by atoms with E-state index >= 15 is 0 Å². The molecule has 0 aromatic carbocycles. The van der Waals surface area contributed by atoms with Crippen LogP contribution in [0.1, 0.15) is 43.2 Å². The SMILES string of the molecule is COC(CNCc1sc2c(c1C)c(=O)n(C(C)C)c(=O)n2CC1CCCO1)OC. The van der Waals surface area contributed by atoms with Crippen LogP contribution in [0.25, 0.3) is 10.2 Å². The number of rotatable bonds is 9. The fourth-order valence-corrected chi connectivity index (χ4v) is 5.02. The number of aromatic nitrogens is 2. The first kappa shape index (κ1) is 22.2. The Kier molecular flexibility index (Phi) is 7.28. The van der Waals surface area contributed by atoms with Crippen molar-refractivity contribution in [2.45, 2.75) is 65.1 Å². The van der Waals surface area contributed by atoms with Gasteiger partial charge in [0.2, 0.25) is 0 Å². The number of fused-ring (bicyclic) bond motifs is 1. The van der Waals surface area contributed by atoms with Gasteiger partial charge in [0.05, 0.1) is 18.0 Å². The molecule has 0 bridgehead atoms. The molecule has 1 aliphatic heterocycles. The minimum Gasteiger partial charge on any atom is -0.376 e. The summed E-state index contributed by atoms with van der Waals surface area (Å²) in [6.45, 7) is 7.99. The molecular weight excluding hydrogens is 394 g/mol. The molecule has 0 spiro atoms. The van der Waals surface area contributed by atoms with Crippen molar-refractivity contribution in [1.82, 2.24) is 14.5 Å². The van der Waals surface area contributed by atoms with Crippen LogP contribution in [0.4, 0.5) is 0 Å². The van der Waals surface area contributed by atoms with E-state index < -0.39 is 0 Å². The lowest BCUT2D eigenvalue weighted by molar-refractivity contribution is -0.0988. The van der Waals surface area contributed by atoms with Crippen molar-refractivity contribution in [3.8, 4) is 0 Å². The summed E-state index contributed by atoms with van der Waals surface area (Å²) >= 11 is 1.50. The average Bonchev–Trinajstić information content (AvgIpc) is 3.30. The summed E-state index contributed by atoms with van der Waals surface area (Å²) in [6, 6.07) is -0.208. The van der Waals surface area contributed by atoms with Crippen LogP contribution in [0.2, 0.25) is 0 Å². The Morgan fingerprint density at radius 1 is 1.28 bits per heavy atom. The van der Waals surface area contributed by atoms with Crippen LogP contribution < -0.4 is 16.6 Å². The minimum absolute atomic E-state index is 0.0159. The van der Waals surface area contributed by atoms with E-state index in [-0.39, 0.29) is 29.7 Å². The van der Waals surface area contributed by atoms with Crippen LogP contribution in [-0.4, -0.2) is 48.9 Å². The first-order valence-corrected chi connectivity index (χ1v) is 10.9. The van der Waals surface area contributed by atoms with Crippen LogP contribution in [0.5, 0.6) is 0 Å². The molecule has 1 unspecified atom stereocenters. The summed E-state index contributed by atoms with van der Waals surface area (Å²) in [4.78, 5) is 28.1. The highest BCUT2D eigenvalue weighted by molar-refractivity contribution is 7.18. The number of nitrogens with zero attached hydrogens (tertiary/aromatic N) is 2. The lowest BCUT2D eigenvalue weighted by atomic mass is 10.2.